The second-order valence-corrected chi connectivity index (χ2v) is 4.43. The highest BCUT2D eigenvalue weighted by Crippen LogP contribution is 2.32. The van der Waals surface area contributed by atoms with E-state index in [-0.39, 0.29) is 11.0 Å². The van der Waals surface area contributed by atoms with Crippen LogP contribution in [0.2, 0.25) is 0 Å². The number of alkyl halides is 3. The first kappa shape index (κ1) is 11.0. The number of hydrogen-bond donors (Lipinski definition) is 0. The molecule has 0 atom stereocenters. The van der Waals surface area contributed by atoms with E-state index in [1.165, 1.54) is 6.07 Å². The van der Waals surface area contributed by atoms with E-state index in [0.717, 1.165) is 3.57 Å². The van der Waals surface area contributed by atoms with Crippen LogP contribution in [0.3, 0.4) is 0 Å². The lowest BCUT2D eigenvalue weighted by atomic mass is 10.3. The summed E-state index contributed by atoms with van der Waals surface area (Å²) in [6, 6.07) is 4.73. The van der Waals surface area contributed by atoms with Crippen molar-refractivity contribution in [1.29, 1.82) is 0 Å². The third-order valence-corrected chi connectivity index (χ3v) is 2.83. The van der Waals surface area contributed by atoms with Crippen molar-refractivity contribution in [3.63, 3.8) is 0 Å². The van der Waals surface area contributed by atoms with E-state index in [0.29, 0.717) is 4.09 Å². The molecule has 2 rings (SSSR count). The number of fused-ring (bicyclic) bond motifs is 1. The molecule has 1 aromatic carbocycles. The van der Waals surface area contributed by atoms with Crippen LogP contribution in [0.25, 0.3) is 11.0 Å². The number of nitrogens with zero attached hydrogens (tertiary/aromatic N) is 2. The van der Waals surface area contributed by atoms with Gasteiger partial charge in [0, 0.05) is 15.3 Å². The Kier molecular flexibility index (Phi) is 2.58. The van der Waals surface area contributed by atoms with Crippen molar-refractivity contribution < 1.29 is 13.2 Å². The van der Waals surface area contributed by atoms with Crippen LogP contribution in [0.15, 0.2) is 18.2 Å². The third-order valence-electron chi connectivity index (χ3n) is 1.81. The van der Waals surface area contributed by atoms with E-state index in [1.54, 1.807) is 12.1 Å². The first-order chi connectivity index (χ1) is 6.89. The molecule has 0 saturated heterocycles. The smallest absolute Gasteiger partial charge is 0.230 e. The summed E-state index contributed by atoms with van der Waals surface area (Å²) in [5.74, 6) is -1.10. The molecule has 2 aromatic rings. The summed E-state index contributed by atoms with van der Waals surface area (Å²) in [7, 11) is 0. The minimum absolute atomic E-state index is 0.234. The number of rotatable bonds is 0. The van der Waals surface area contributed by atoms with Gasteiger partial charge >= 0.3 is 6.18 Å². The number of hydrogen-bond acceptors (Lipinski definition) is 1. The molecule has 1 heterocycles. The highest BCUT2D eigenvalue weighted by atomic mass is 127. The fourth-order valence-electron chi connectivity index (χ4n) is 1.20. The van der Waals surface area contributed by atoms with Crippen molar-refractivity contribution >= 4 is 45.4 Å². The minimum Gasteiger partial charge on any atom is -0.230 e. The van der Waals surface area contributed by atoms with Gasteiger partial charge < -0.3 is 0 Å². The Labute approximate surface area is 101 Å². The average molecular weight is 346 g/mol. The van der Waals surface area contributed by atoms with Gasteiger partial charge in [-0.05, 0) is 40.8 Å². The number of aromatic nitrogens is 2. The molecule has 0 radical (unpaired) electrons. The molecule has 0 spiro atoms. The van der Waals surface area contributed by atoms with Gasteiger partial charge in [0.2, 0.25) is 5.82 Å². The van der Waals surface area contributed by atoms with Gasteiger partial charge in [-0.3, -0.25) is 0 Å². The second kappa shape index (κ2) is 3.51. The molecular formula is C8H3ClF3IN2. The zero-order valence-corrected chi connectivity index (χ0v) is 9.93. The summed E-state index contributed by atoms with van der Waals surface area (Å²) in [5.41, 5.74) is 0.494. The molecule has 0 saturated carbocycles. The fraction of sp³-hybridized carbons (Fsp3) is 0.125. The maximum atomic E-state index is 12.4. The molecule has 1 aromatic heterocycles. The Bertz CT molecular complexity index is 520. The standard InChI is InChI=1S/C8H3ClF3IN2/c9-15-6-3-4(13)1-2-5(6)14-7(15)8(10,11)12/h1-3H. The minimum atomic E-state index is -4.54. The van der Waals surface area contributed by atoms with Crippen LogP contribution in [0.4, 0.5) is 13.2 Å². The van der Waals surface area contributed by atoms with Gasteiger partial charge in [0.05, 0.1) is 11.0 Å². The first-order valence-electron chi connectivity index (χ1n) is 3.81. The maximum absolute atomic E-state index is 12.4. The normalized spacial score (nSPS) is 12.3. The maximum Gasteiger partial charge on any atom is 0.451 e. The Morgan fingerprint density at radius 1 is 1.33 bits per heavy atom. The van der Waals surface area contributed by atoms with Crippen LogP contribution in [0.5, 0.6) is 0 Å². The zero-order valence-electron chi connectivity index (χ0n) is 7.02. The Hall–Kier alpha value is -0.500. The summed E-state index contributed by atoms with van der Waals surface area (Å²) in [4.78, 5) is 3.43. The molecule has 0 amide bonds. The van der Waals surface area contributed by atoms with Crippen LogP contribution in [-0.2, 0) is 6.18 Å². The van der Waals surface area contributed by atoms with Crippen molar-refractivity contribution in [2.24, 2.45) is 0 Å². The molecule has 0 bridgehead atoms. The molecule has 0 fully saturated rings. The number of halogens is 5. The van der Waals surface area contributed by atoms with E-state index in [9.17, 15) is 13.2 Å². The molecule has 0 N–H and O–H groups in total. The second-order valence-electron chi connectivity index (χ2n) is 2.85. The fourth-order valence-corrected chi connectivity index (χ4v) is 1.94. The predicted octanol–water partition coefficient (Wildman–Crippen LogP) is 3.66. The Balaban J connectivity index is 2.76. The molecule has 80 valence electrons. The van der Waals surface area contributed by atoms with Gasteiger partial charge in [0.25, 0.3) is 0 Å². The topological polar surface area (TPSA) is 17.8 Å². The highest BCUT2D eigenvalue weighted by molar-refractivity contribution is 14.1. The van der Waals surface area contributed by atoms with Crippen molar-refractivity contribution in [1.82, 2.24) is 9.07 Å². The quantitative estimate of drug-likeness (QED) is 0.666. The van der Waals surface area contributed by atoms with Crippen LogP contribution in [-0.4, -0.2) is 9.07 Å². The monoisotopic (exact) mass is 346 g/mol. The SMILES string of the molecule is FC(F)(F)c1nc2ccc(I)cc2n1Cl. The van der Waals surface area contributed by atoms with Gasteiger partial charge in [-0.15, -0.1) is 0 Å². The Morgan fingerprint density at radius 3 is 2.60 bits per heavy atom. The van der Waals surface area contributed by atoms with Crippen LogP contribution in [0.1, 0.15) is 5.82 Å². The van der Waals surface area contributed by atoms with Crippen molar-refractivity contribution in [2.75, 3.05) is 0 Å². The molecule has 15 heavy (non-hydrogen) atoms. The van der Waals surface area contributed by atoms with Gasteiger partial charge in [0.1, 0.15) is 0 Å². The van der Waals surface area contributed by atoms with Crippen molar-refractivity contribution in [3.8, 4) is 0 Å². The van der Waals surface area contributed by atoms with Crippen molar-refractivity contribution in [2.45, 2.75) is 6.18 Å². The van der Waals surface area contributed by atoms with Crippen LogP contribution >= 0.6 is 34.4 Å². The lowest BCUT2D eigenvalue weighted by Crippen LogP contribution is -2.10. The average Bonchev–Trinajstić information content (AvgIpc) is 2.43. The van der Waals surface area contributed by atoms with E-state index < -0.39 is 12.0 Å². The first-order valence-corrected chi connectivity index (χ1v) is 5.22. The van der Waals surface area contributed by atoms with Crippen LogP contribution < -0.4 is 0 Å². The number of imidazole rings is 1. The Morgan fingerprint density at radius 2 is 2.00 bits per heavy atom. The predicted molar refractivity (Wildman–Crippen MR) is 58.7 cm³/mol. The molecule has 0 aliphatic rings. The lowest BCUT2D eigenvalue weighted by molar-refractivity contribution is -0.145. The molecule has 0 aliphatic heterocycles. The largest absolute Gasteiger partial charge is 0.451 e. The third kappa shape index (κ3) is 1.92. The van der Waals surface area contributed by atoms with Gasteiger partial charge in [-0.2, -0.15) is 13.2 Å². The van der Waals surface area contributed by atoms with E-state index in [2.05, 4.69) is 4.98 Å². The lowest BCUT2D eigenvalue weighted by Gasteiger charge is -2.03. The molecule has 2 nitrogen and oxygen atoms in total. The molecule has 0 aliphatic carbocycles. The van der Waals surface area contributed by atoms with Gasteiger partial charge in [-0.1, -0.05) is 0 Å². The summed E-state index contributed by atoms with van der Waals surface area (Å²) in [6.45, 7) is 0. The molecule has 7 heteroatoms. The van der Waals surface area contributed by atoms with Gasteiger partial charge in [-0.25, -0.2) is 9.07 Å². The van der Waals surface area contributed by atoms with Crippen molar-refractivity contribution in [3.05, 3.63) is 27.6 Å². The number of benzene rings is 1. The summed E-state index contributed by atoms with van der Waals surface area (Å²) in [6.07, 6.45) is -4.54. The van der Waals surface area contributed by atoms with Gasteiger partial charge in [0.15, 0.2) is 0 Å². The zero-order chi connectivity index (χ0) is 11.2. The summed E-state index contributed by atoms with van der Waals surface area (Å²) < 4.78 is 38.6. The summed E-state index contributed by atoms with van der Waals surface area (Å²) in [5, 5.41) is 0. The highest BCUT2D eigenvalue weighted by Gasteiger charge is 2.37. The van der Waals surface area contributed by atoms with E-state index in [1.807, 2.05) is 22.6 Å². The molecular weight excluding hydrogens is 343 g/mol. The van der Waals surface area contributed by atoms with E-state index in [4.69, 9.17) is 11.8 Å². The summed E-state index contributed by atoms with van der Waals surface area (Å²) >= 11 is 7.54. The molecule has 0 unspecified atom stereocenters. The van der Waals surface area contributed by atoms with Crippen LogP contribution in [0, 0.1) is 3.57 Å². The van der Waals surface area contributed by atoms with E-state index >= 15 is 0 Å².